The minimum absolute atomic E-state index is 0.0986. The molecule has 0 aromatic heterocycles. The summed E-state index contributed by atoms with van der Waals surface area (Å²) in [6, 6.07) is 15.0. The highest BCUT2D eigenvalue weighted by Crippen LogP contribution is 2.30. The second-order valence-electron chi connectivity index (χ2n) is 8.64. The Balaban J connectivity index is 1.62. The van der Waals surface area contributed by atoms with Gasteiger partial charge in [0.25, 0.3) is 5.91 Å². The molecule has 2 heterocycles. The number of hydrazine groups is 1. The Kier molecular flexibility index (Phi) is 5.85. The maximum absolute atomic E-state index is 13.2. The maximum Gasteiger partial charge on any atom is 0.272 e. The molecule has 2 aromatic carbocycles. The number of nitrogens with one attached hydrogen (secondary N) is 1. The number of sulfonamides is 1. The molecule has 2 saturated heterocycles. The minimum Gasteiger partial charge on any atom is -0.273 e. The van der Waals surface area contributed by atoms with E-state index in [-0.39, 0.29) is 34.6 Å². The van der Waals surface area contributed by atoms with Crippen molar-refractivity contribution >= 4 is 21.8 Å². The van der Waals surface area contributed by atoms with Crippen molar-refractivity contribution in [2.45, 2.75) is 37.6 Å². The molecule has 0 saturated carbocycles. The zero-order valence-corrected chi connectivity index (χ0v) is 18.5. The van der Waals surface area contributed by atoms with E-state index in [4.69, 9.17) is 0 Å². The first kappa shape index (κ1) is 21.5. The van der Waals surface area contributed by atoms with Crippen LogP contribution in [0.4, 0.5) is 0 Å². The number of carbonyl (C=O) groups excluding carboxylic acids is 2. The van der Waals surface area contributed by atoms with Gasteiger partial charge in [-0.3, -0.25) is 15.0 Å². The van der Waals surface area contributed by atoms with Crippen LogP contribution in [0.1, 0.15) is 48.7 Å². The first-order chi connectivity index (χ1) is 14.8. The molecule has 7 nitrogen and oxygen atoms in total. The summed E-state index contributed by atoms with van der Waals surface area (Å²) in [6.45, 7) is 5.06. The number of hydrogen-bond acceptors (Lipinski definition) is 4. The van der Waals surface area contributed by atoms with Crippen LogP contribution in [0.5, 0.6) is 0 Å². The summed E-state index contributed by atoms with van der Waals surface area (Å²) in [4.78, 5) is 25.4. The number of hydrogen-bond donors (Lipinski definition) is 1. The molecule has 3 unspecified atom stereocenters. The Hall–Kier alpha value is -2.71. The highest BCUT2D eigenvalue weighted by Gasteiger charge is 2.36. The van der Waals surface area contributed by atoms with Crippen LogP contribution in [0.15, 0.2) is 59.5 Å². The molecule has 0 spiro atoms. The Morgan fingerprint density at radius 3 is 2.35 bits per heavy atom. The quantitative estimate of drug-likeness (QED) is 0.790. The van der Waals surface area contributed by atoms with E-state index in [0.717, 1.165) is 12.0 Å². The first-order valence-corrected chi connectivity index (χ1v) is 12.0. The standard InChI is InChI=1S/C23H27N3O4S/c1-16-11-17(2)15-25(14-16)31(29,30)20-10-6-9-19(12-20)23(28)26-21(13-22(27)24-26)18-7-4-3-5-8-18/h3-10,12,16-17,21H,11,13-15H2,1-2H3,(H,24,27). The summed E-state index contributed by atoms with van der Waals surface area (Å²) in [5.74, 6) is -0.107. The molecular formula is C23H27N3O4S. The predicted octanol–water partition coefficient (Wildman–Crippen LogP) is 2.97. The van der Waals surface area contributed by atoms with E-state index in [1.165, 1.54) is 21.4 Å². The molecular weight excluding hydrogens is 414 g/mol. The molecule has 164 valence electrons. The molecule has 2 aliphatic rings. The van der Waals surface area contributed by atoms with Gasteiger partial charge in [-0.15, -0.1) is 0 Å². The molecule has 31 heavy (non-hydrogen) atoms. The molecule has 1 N–H and O–H groups in total. The van der Waals surface area contributed by atoms with Crippen molar-refractivity contribution in [2.75, 3.05) is 13.1 Å². The van der Waals surface area contributed by atoms with Crippen LogP contribution in [0.2, 0.25) is 0 Å². The van der Waals surface area contributed by atoms with Crippen molar-refractivity contribution in [2.24, 2.45) is 11.8 Å². The molecule has 2 fully saturated rings. The molecule has 0 aliphatic carbocycles. The summed E-state index contributed by atoms with van der Waals surface area (Å²) in [5, 5.41) is 1.30. The summed E-state index contributed by atoms with van der Waals surface area (Å²) in [7, 11) is -3.71. The van der Waals surface area contributed by atoms with Crippen molar-refractivity contribution in [1.29, 1.82) is 0 Å². The lowest BCUT2D eigenvalue weighted by molar-refractivity contribution is -0.120. The summed E-state index contributed by atoms with van der Waals surface area (Å²) >= 11 is 0. The monoisotopic (exact) mass is 441 g/mol. The maximum atomic E-state index is 13.2. The molecule has 2 aliphatic heterocycles. The largest absolute Gasteiger partial charge is 0.273 e. The van der Waals surface area contributed by atoms with E-state index in [2.05, 4.69) is 19.3 Å². The van der Waals surface area contributed by atoms with Crippen LogP contribution in [0, 0.1) is 11.8 Å². The fraction of sp³-hybridized carbons (Fsp3) is 0.391. The first-order valence-electron chi connectivity index (χ1n) is 10.5. The van der Waals surface area contributed by atoms with Crippen LogP contribution in [0.25, 0.3) is 0 Å². The Morgan fingerprint density at radius 1 is 1.00 bits per heavy atom. The third kappa shape index (κ3) is 4.36. The second-order valence-corrected chi connectivity index (χ2v) is 10.6. The van der Waals surface area contributed by atoms with E-state index in [0.29, 0.717) is 13.1 Å². The van der Waals surface area contributed by atoms with Gasteiger partial charge >= 0.3 is 0 Å². The van der Waals surface area contributed by atoms with Gasteiger partial charge < -0.3 is 0 Å². The lowest BCUT2D eigenvalue weighted by Gasteiger charge is -2.34. The fourth-order valence-corrected chi connectivity index (χ4v) is 6.27. The van der Waals surface area contributed by atoms with Crippen LogP contribution < -0.4 is 5.43 Å². The third-order valence-corrected chi connectivity index (χ3v) is 7.72. The Labute approximate surface area is 183 Å². The zero-order chi connectivity index (χ0) is 22.2. The van der Waals surface area contributed by atoms with E-state index in [9.17, 15) is 18.0 Å². The lowest BCUT2D eigenvalue weighted by Crippen LogP contribution is -2.42. The molecule has 2 amide bonds. The van der Waals surface area contributed by atoms with Crippen molar-refractivity contribution in [1.82, 2.24) is 14.7 Å². The summed E-state index contributed by atoms with van der Waals surface area (Å²) < 4.78 is 28.0. The van der Waals surface area contributed by atoms with Gasteiger partial charge in [0.15, 0.2) is 0 Å². The van der Waals surface area contributed by atoms with Gasteiger partial charge in [0.1, 0.15) is 0 Å². The molecule has 8 heteroatoms. The van der Waals surface area contributed by atoms with E-state index in [1.54, 1.807) is 12.1 Å². The van der Waals surface area contributed by atoms with Crippen LogP contribution in [-0.4, -0.2) is 42.6 Å². The zero-order valence-electron chi connectivity index (χ0n) is 17.7. The van der Waals surface area contributed by atoms with Gasteiger partial charge in [-0.2, -0.15) is 4.31 Å². The van der Waals surface area contributed by atoms with Crippen molar-refractivity contribution < 1.29 is 18.0 Å². The van der Waals surface area contributed by atoms with Crippen LogP contribution in [0.3, 0.4) is 0 Å². The normalized spacial score (nSPS) is 24.8. The van der Waals surface area contributed by atoms with Crippen molar-refractivity contribution in [3.05, 3.63) is 65.7 Å². The molecule has 3 atom stereocenters. The topological polar surface area (TPSA) is 86.8 Å². The third-order valence-electron chi connectivity index (χ3n) is 5.89. The fourth-order valence-electron chi connectivity index (χ4n) is 4.54. The average Bonchev–Trinajstić information content (AvgIpc) is 3.15. The molecule has 4 rings (SSSR count). The van der Waals surface area contributed by atoms with Gasteiger partial charge in [0.05, 0.1) is 17.4 Å². The van der Waals surface area contributed by atoms with E-state index >= 15 is 0 Å². The molecule has 0 radical (unpaired) electrons. The highest BCUT2D eigenvalue weighted by molar-refractivity contribution is 7.89. The molecule has 0 bridgehead atoms. The van der Waals surface area contributed by atoms with Gasteiger partial charge in [-0.1, -0.05) is 50.2 Å². The highest BCUT2D eigenvalue weighted by atomic mass is 32.2. The van der Waals surface area contributed by atoms with Crippen molar-refractivity contribution in [3.8, 4) is 0 Å². The number of nitrogens with zero attached hydrogens (tertiary/aromatic N) is 2. The second kappa shape index (κ2) is 8.43. The van der Waals surface area contributed by atoms with Crippen LogP contribution in [-0.2, 0) is 14.8 Å². The number of piperidine rings is 1. The van der Waals surface area contributed by atoms with Crippen LogP contribution >= 0.6 is 0 Å². The smallest absolute Gasteiger partial charge is 0.272 e. The average molecular weight is 442 g/mol. The van der Waals surface area contributed by atoms with Gasteiger partial charge in [0.2, 0.25) is 15.9 Å². The van der Waals surface area contributed by atoms with E-state index < -0.39 is 22.0 Å². The van der Waals surface area contributed by atoms with Gasteiger partial charge in [-0.25, -0.2) is 13.4 Å². The predicted molar refractivity (Wildman–Crippen MR) is 116 cm³/mol. The van der Waals surface area contributed by atoms with Gasteiger partial charge in [0, 0.05) is 18.7 Å². The minimum atomic E-state index is -3.71. The van der Waals surface area contributed by atoms with Gasteiger partial charge in [-0.05, 0) is 42.0 Å². The number of rotatable bonds is 4. The lowest BCUT2D eigenvalue weighted by atomic mass is 9.94. The SMILES string of the molecule is CC1CC(C)CN(S(=O)(=O)c2cccc(C(=O)N3NC(=O)CC3c3ccccc3)c2)C1. The summed E-state index contributed by atoms with van der Waals surface area (Å²) in [5.41, 5.74) is 3.69. The summed E-state index contributed by atoms with van der Waals surface area (Å²) in [6.07, 6.45) is 1.16. The Morgan fingerprint density at radius 2 is 1.68 bits per heavy atom. The van der Waals surface area contributed by atoms with E-state index in [1.807, 2.05) is 30.3 Å². The Bertz CT molecular complexity index is 1080. The molecule has 2 aromatic rings. The number of amides is 2. The number of carbonyl (C=O) groups is 2. The van der Waals surface area contributed by atoms with Crippen molar-refractivity contribution in [3.63, 3.8) is 0 Å². The number of benzene rings is 2.